The van der Waals surface area contributed by atoms with Gasteiger partial charge in [0.15, 0.2) is 0 Å². The molecule has 0 bridgehead atoms. The van der Waals surface area contributed by atoms with Crippen molar-refractivity contribution >= 4 is 0 Å². The summed E-state index contributed by atoms with van der Waals surface area (Å²) in [6, 6.07) is 0. The van der Waals surface area contributed by atoms with E-state index in [1.54, 1.807) is 6.08 Å². The molecule has 0 aromatic carbocycles. The van der Waals surface area contributed by atoms with E-state index in [-0.39, 0.29) is 0 Å². The topological polar surface area (TPSA) is 20.2 Å². The van der Waals surface area contributed by atoms with Gasteiger partial charge in [0.2, 0.25) is 0 Å². The van der Waals surface area contributed by atoms with E-state index in [2.05, 4.69) is 13.0 Å². The zero-order chi connectivity index (χ0) is 8.36. The number of rotatable bonds is 6. The number of unbranched alkanes of at least 4 members (excludes halogenated alkanes) is 4. The van der Waals surface area contributed by atoms with Gasteiger partial charge in [-0.25, -0.2) is 0 Å². The van der Waals surface area contributed by atoms with Crippen LogP contribution in [0.5, 0.6) is 0 Å². The van der Waals surface area contributed by atoms with Crippen LogP contribution >= 0.6 is 0 Å². The Morgan fingerprint density at radius 3 is 2.55 bits per heavy atom. The first-order chi connectivity index (χ1) is 5.41. The highest BCUT2D eigenvalue weighted by Crippen LogP contribution is 2.02. The van der Waals surface area contributed by atoms with Crippen molar-refractivity contribution in [1.82, 2.24) is 0 Å². The lowest BCUT2D eigenvalue weighted by Crippen LogP contribution is -1.72. The molecule has 0 heterocycles. The highest BCUT2D eigenvalue weighted by Gasteiger charge is 1.82. The third-order valence-corrected chi connectivity index (χ3v) is 1.56. The van der Waals surface area contributed by atoms with Crippen molar-refractivity contribution in [3.63, 3.8) is 0 Å². The Kier molecular flexibility index (Phi) is 8.67. The molecule has 0 aromatic heterocycles. The Morgan fingerprint density at radius 1 is 1.09 bits per heavy atom. The molecule has 0 amide bonds. The molecule has 0 aromatic rings. The predicted octanol–water partition coefficient (Wildman–Crippen LogP) is 3.58. The van der Waals surface area contributed by atoms with Crippen LogP contribution in [0, 0.1) is 0 Å². The summed E-state index contributed by atoms with van der Waals surface area (Å²) in [5, 5.41) is 8.28. The molecule has 0 saturated carbocycles. The lowest BCUT2D eigenvalue weighted by Gasteiger charge is -1.92. The maximum atomic E-state index is 8.28. The number of aliphatic hydroxyl groups is 1. The quantitative estimate of drug-likeness (QED) is 0.352. The minimum atomic E-state index is 1.06. The first kappa shape index (κ1) is 10.3. The molecule has 0 unspecified atom stereocenters. The molecule has 0 aliphatic heterocycles. The third kappa shape index (κ3) is 9.28. The molecule has 0 fully saturated rings. The van der Waals surface area contributed by atoms with Crippen molar-refractivity contribution in [3.05, 3.63) is 24.5 Å². The van der Waals surface area contributed by atoms with Crippen LogP contribution in [0.2, 0.25) is 0 Å². The van der Waals surface area contributed by atoms with Crippen molar-refractivity contribution in [2.75, 3.05) is 0 Å². The van der Waals surface area contributed by atoms with E-state index in [9.17, 15) is 0 Å². The first-order valence-corrected chi connectivity index (χ1v) is 4.37. The highest BCUT2D eigenvalue weighted by molar-refractivity contribution is 4.98. The van der Waals surface area contributed by atoms with Crippen LogP contribution in [0.3, 0.4) is 0 Å². The molecule has 1 N–H and O–H groups in total. The Morgan fingerprint density at radius 2 is 1.91 bits per heavy atom. The molecule has 64 valence electrons. The second kappa shape index (κ2) is 9.28. The molecule has 0 spiro atoms. The Labute approximate surface area is 69.4 Å². The molecular weight excluding hydrogens is 136 g/mol. The van der Waals surface area contributed by atoms with E-state index >= 15 is 0 Å². The fourth-order valence-corrected chi connectivity index (χ4v) is 0.913. The summed E-state index contributed by atoms with van der Waals surface area (Å²) in [5.74, 6) is 0. The maximum Gasteiger partial charge on any atom is 0.0791 e. The molecule has 0 atom stereocenters. The van der Waals surface area contributed by atoms with Crippen molar-refractivity contribution in [2.45, 2.75) is 39.0 Å². The number of aliphatic hydroxyl groups excluding tert-OH is 1. The van der Waals surface area contributed by atoms with Gasteiger partial charge in [0.1, 0.15) is 0 Å². The summed E-state index contributed by atoms with van der Waals surface area (Å²) in [5.41, 5.74) is 0. The summed E-state index contributed by atoms with van der Waals surface area (Å²) >= 11 is 0. The van der Waals surface area contributed by atoms with Gasteiger partial charge in [0, 0.05) is 0 Å². The lowest BCUT2D eigenvalue weighted by atomic mass is 10.1. The molecule has 0 aliphatic rings. The van der Waals surface area contributed by atoms with Crippen molar-refractivity contribution in [2.24, 2.45) is 0 Å². The van der Waals surface area contributed by atoms with Crippen LogP contribution in [0.1, 0.15) is 39.0 Å². The smallest absolute Gasteiger partial charge is 0.0791 e. The zero-order valence-electron chi connectivity index (χ0n) is 7.29. The van der Waals surface area contributed by atoms with E-state index in [1.807, 2.05) is 6.08 Å². The molecule has 0 saturated heterocycles. The number of hydrogen-bond donors (Lipinski definition) is 1. The number of hydrogen-bond acceptors (Lipinski definition) is 1. The second-order valence-electron chi connectivity index (χ2n) is 2.62. The molecule has 0 rings (SSSR count). The van der Waals surface area contributed by atoms with Gasteiger partial charge >= 0.3 is 0 Å². The van der Waals surface area contributed by atoms with Crippen molar-refractivity contribution < 1.29 is 5.11 Å². The lowest BCUT2D eigenvalue weighted by molar-refractivity contribution is 0.473. The zero-order valence-corrected chi connectivity index (χ0v) is 7.29. The average Bonchev–Trinajstić information content (AvgIpc) is 2.03. The summed E-state index contributed by atoms with van der Waals surface area (Å²) in [7, 11) is 0. The SMILES string of the molecule is CCCCCC/C=C\C=C\O. The van der Waals surface area contributed by atoms with Crippen molar-refractivity contribution in [1.29, 1.82) is 0 Å². The second-order valence-corrected chi connectivity index (χ2v) is 2.62. The summed E-state index contributed by atoms with van der Waals surface area (Å²) in [6.45, 7) is 2.21. The van der Waals surface area contributed by atoms with Crippen LogP contribution in [0.4, 0.5) is 0 Å². The molecule has 0 aliphatic carbocycles. The van der Waals surface area contributed by atoms with Gasteiger partial charge in [-0.1, -0.05) is 38.3 Å². The van der Waals surface area contributed by atoms with Crippen LogP contribution in [0.15, 0.2) is 24.5 Å². The van der Waals surface area contributed by atoms with Crippen molar-refractivity contribution in [3.8, 4) is 0 Å². The first-order valence-electron chi connectivity index (χ1n) is 4.37. The summed E-state index contributed by atoms with van der Waals surface area (Å²) in [6.07, 6.45) is 13.0. The van der Waals surface area contributed by atoms with Crippen LogP contribution < -0.4 is 0 Å². The molecule has 0 radical (unpaired) electrons. The monoisotopic (exact) mass is 154 g/mol. The van der Waals surface area contributed by atoms with E-state index < -0.39 is 0 Å². The van der Waals surface area contributed by atoms with E-state index in [0.717, 1.165) is 12.7 Å². The highest BCUT2D eigenvalue weighted by atomic mass is 16.2. The largest absolute Gasteiger partial charge is 0.516 e. The van der Waals surface area contributed by atoms with Gasteiger partial charge in [-0.05, 0) is 18.9 Å². The summed E-state index contributed by atoms with van der Waals surface area (Å²) in [4.78, 5) is 0. The fraction of sp³-hybridized carbons (Fsp3) is 0.600. The fourth-order valence-electron chi connectivity index (χ4n) is 0.913. The third-order valence-electron chi connectivity index (χ3n) is 1.56. The van der Waals surface area contributed by atoms with Crippen LogP contribution in [-0.4, -0.2) is 5.11 Å². The molecule has 11 heavy (non-hydrogen) atoms. The molecule has 1 heteroatoms. The Hall–Kier alpha value is -0.720. The van der Waals surface area contributed by atoms with Crippen LogP contribution in [0.25, 0.3) is 0 Å². The standard InChI is InChI=1S/C10H18O/c1-2-3-4-5-6-7-8-9-10-11/h7-11H,2-6H2,1H3/b8-7-,10-9+. The van der Waals surface area contributed by atoms with Gasteiger partial charge in [-0.15, -0.1) is 0 Å². The van der Waals surface area contributed by atoms with E-state index in [4.69, 9.17) is 5.11 Å². The van der Waals surface area contributed by atoms with Gasteiger partial charge < -0.3 is 5.11 Å². The minimum absolute atomic E-state index is 1.06. The predicted molar refractivity (Wildman–Crippen MR) is 49.7 cm³/mol. The van der Waals surface area contributed by atoms with Crippen LogP contribution in [-0.2, 0) is 0 Å². The van der Waals surface area contributed by atoms with Gasteiger partial charge in [-0.3, -0.25) is 0 Å². The average molecular weight is 154 g/mol. The molecular formula is C10H18O. The maximum absolute atomic E-state index is 8.28. The van der Waals surface area contributed by atoms with Gasteiger partial charge in [-0.2, -0.15) is 0 Å². The summed E-state index contributed by atoms with van der Waals surface area (Å²) < 4.78 is 0. The van der Waals surface area contributed by atoms with E-state index in [1.165, 1.54) is 25.7 Å². The normalized spacial score (nSPS) is 11.7. The number of allylic oxidation sites excluding steroid dienone is 3. The molecule has 1 nitrogen and oxygen atoms in total. The van der Waals surface area contributed by atoms with E-state index in [0.29, 0.717) is 0 Å². The van der Waals surface area contributed by atoms with Gasteiger partial charge in [0.05, 0.1) is 6.26 Å². The Balaban J connectivity index is 3.01. The Bertz CT molecular complexity index is 114. The van der Waals surface area contributed by atoms with Gasteiger partial charge in [0.25, 0.3) is 0 Å². The minimum Gasteiger partial charge on any atom is -0.516 e.